The lowest BCUT2D eigenvalue weighted by Crippen LogP contribution is -2.36. The Labute approximate surface area is 143 Å². The molecule has 1 aliphatic rings. The van der Waals surface area contributed by atoms with Crippen LogP contribution in [-0.4, -0.2) is 20.3 Å². The van der Waals surface area contributed by atoms with E-state index in [9.17, 15) is 14.4 Å². The Morgan fingerprint density at radius 3 is 2.79 bits per heavy atom. The van der Waals surface area contributed by atoms with Crippen LogP contribution in [-0.2, 0) is 11.2 Å². The van der Waals surface area contributed by atoms with Crippen LogP contribution in [0.3, 0.4) is 0 Å². The molecule has 1 N–H and O–H groups in total. The van der Waals surface area contributed by atoms with Crippen molar-refractivity contribution in [3.05, 3.63) is 49.7 Å². The second-order valence-electron chi connectivity index (χ2n) is 6.34. The van der Waals surface area contributed by atoms with E-state index in [-0.39, 0.29) is 12.2 Å². The third-order valence-electron chi connectivity index (χ3n) is 4.65. The molecule has 1 saturated carbocycles. The number of carbonyl (C=O) groups excluding carboxylic acids is 1. The number of Topliss-reactive ketones (excluding diaryl/α,β-unsaturated/α-hetero) is 1. The van der Waals surface area contributed by atoms with Gasteiger partial charge >= 0.3 is 5.69 Å². The summed E-state index contributed by atoms with van der Waals surface area (Å²) in [4.78, 5) is 42.8. The summed E-state index contributed by atoms with van der Waals surface area (Å²) in [5, 5.41) is 2.59. The van der Waals surface area contributed by atoms with E-state index in [1.165, 1.54) is 47.4 Å². The SMILES string of the molecule is O=C(Cc1nccs1)C(CC1CCCCC1)n1ccc(=O)[nH]c1=O. The number of carbonyl (C=O) groups is 1. The zero-order valence-electron chi connectivity index (χ0n) is 13.4. The van der Waals surface area contributed by atoms with Crippen LogP contribution in [0.4, 0.5) is 0 Å². The molecule has 2 aromatic heterocycles. The van der Waals surface area contributed by atoms with Crippen LogP contribution >= 0.6 is 11.3 Å². The van der Waals surface area contributed by atoms with E-state index in [2.05, 4.69) is 9.97 Å². The zero-order chi connectivity index (χ0) is 16.9. The number of H-pyrrole nitrogens is 1. The molecule has 1 aliphatic carbocycles. The molecule has 0 aliphatic heterocycles. The van der Waals surface area contributed by atoms with Crippen LogP contribution < -0.4 is 11.2 Å². The van der Waals surface area contributed by atoms with Gasteiger partial charge in [0.05, 0.1) is 17.5 Å². The van der Waals surface area contributed by atoms with E-state index in [0.29, 0.717) is 12.3 Å². The Bertz CT molecular complexity index is 788. The third kappa shape index (κ3) is 4.08. The number of ketones is 1. The highest BCUT2D eigenvalue weighted by Crippen LogP contribution is 2.31. The monoisotopic (exact) mass is 347 g/mol. The number of aromatic nitrogens is 3. The Morgan fingerprint density at radius 1 is 1.33 bits per heavy atom. The minimum atomic E-state index is -0.540. The largest absolute Gasteiger partial charge is 0.328 e. The van der Waals surface area contributed by atoms with Crippen LogP contribution in [0.1, 0.15) is 49.6 Å². The summed E-state index contributed by atoms with van der Waals surface area (Å²) in [6, 6.07) is 0.757. The molecule has 0 amide bonds. The highest BCUT2D eigenvalue weighted by Gasteiger charge is 2.27. The molecule has 2 heterocycles. The molecule has 0 saturated heterocycles. The van der Waals surface area contributed by atoms with E-state index in [4.69, 9.17) is 0 Å². The van der Waals surface area contributed by atoms with Gasteiger partial charge < -0.3 is 0 Å². The second-order valence-corrected chi connectivity index (χ2v) is 7.32. The molecule has 0 radical (unpaired) electrons. The van der Waals surface area contributed by atoms with Gasteiger partial charge in [-0.05, 0) is 12.3 Å². The Balaban J connectivity index is 1.85. The summed E-state index contributed by atoms with van der Waals surface area (Å²) in [6.45, 7) is 0. The number of thiazole rings is 1. The molecule has 3 rings (SSSR count). The van der Waals surface area contributed by atoms with E-state index < -0.39 is 17.3 Å². The highest BCUT2D eigenvalue weighted by molar-refractivity contribution is 7.09. The van der Waals surface area contributed by atoms with Crippen LogP contribution in [0, 0.1) is 5.92 Å². The van der Waals surface area contributed by atoms with Gasteiger partial charge in [-0.3, -0.25) is 19.1 Å². The highest BCUT2D eigenvalue weighted by atomic mass is 32.1. The molecule has 128 valence electrons. The van der Waals surface area contributed by atoms with Crippen molar-refractivity contribution in [2.24, 2.45) is 5.92 Å². The average Bonchev–Trinajstić information content (AvgIpc) is 3.07. The predicted octanol–water partition coefficient (Wildman–Crippen LogP) is 2.32. The predicted molar refractivity (Wildman–Crippen MR) is 92.4 cm³/mol. The van der Waals surface area contributed by atoms with Crippen molar-refractivity contribution >= 4 is 17.1 Å². The summed E-state index contributed by atoms with van der Waals surface area (Å²) in [6.07, 6.45) is 9.78. The van der Waals surface area contributed by atoms with Crippen molar-refractivity contribution in [1.29, 1.82) is 0 Å². The van der Waals surface area contributed by atoms with Crippen molar-refractivity contribution in [3.63, 3.8) is 0 Å². The lowest BCUT2D eigenvalue weighted by Gasteiger charge is -2.26. The lowest BCUT2D eigenvalue weighted by molar-refractivity contribution is -0.122. The molecule has 7 heteroatoms. The van der Waals surface area contributed by atoms with Gasteiger partial charge in [0.15, 0.2) is 5.78 Å². The maximum absolute atomic E-state index is 12.8. The first-order valence-corrected chi connectivity index (χ1v) is 9.24. The first kappa shape index (κ1) is 16.8. The standard InChI is InChI=1S/C17H21N3O3S/c21-14(11-16-18-7-9-24-16)13(10-12-4-2-1-3-5-12)20-8-6-15(22)19-17(20)23/h6-9,12-13H,1-5,10-11H2,(H,19,22,23). The number of hydrogen-bond donors (Lipinski definition) is 1. The average molecular weight is 347 g/mol. The van der Waals surface area contributed by atoms with Gasteiger partial charge in [-0.2, -0.15) is 0 Å². The van der Waals surface area contributed by atoms with E-state index in [1.807, 2.05) is 5.38 Å². The summed E-state index contributed by atoms with van der Waals surface area (Å²) in [7, 11) is 0. The molecule has 1 fully saturated rings. The fraction of sp³-hybridized carbons (Fsp3) is 0.529. The van der Waals surface area contributed by atoms with Crippen molar-refractivity contribution < 1.29 is 4.79 Å². The van der Waals surface area contributed by atoms with Gasteiger partial charge in [-0.25, -0.2) is 9.78 Å². The fourth-order valence-electron chi connectivity index (χ4n) is 3.42. The van der Waals surface area contributed by atoms with Crippen LogP contribution in [0.2, 0.25) is 0 Å². The minimum absolute atomic E-state index is 0.0235. The maximum Gasteiger partial charge on any atom is 0.328 e. The Kier molecular flexibility index (Phi) is 5.40. The smallest absolute Gasteiger partial charge is 0.297 e. The van der Waals surface area contributed by atoms with Crippen molar-refractivity contribution in [3.8, 4) is 0 Å². The second kappa shape index (κ2) is 7.70. The van der Waals surface area contributed by atoms with E-state index in [0.717, 1.165) is 17.8 Å². The normalized spacial score (nSPS) is 16.8. The first-order valence-electron chi connectivity index (χ1n) is 8.36. The van der Waals surface area contributed by atoms with E-state index in [1.54, 1.807) is 6.20 Å². The number of aromatic amines is 1. The zero-order valence-corrected chi connectivity index (χ0v) is 14.3. The van der Waals surface area contributed by atoms with Crippen molar-refractivity contribution in [1.82, 2.24) is 14.5 Å². The lowest BCUT2D eigenvalue weighted by atomic mass is 9.83. The van der Waals surface area contributed by atoms with E-state index >= 15 is 0 Å². The van der Waals surface area contributed by atoms with Gasteiger partial charge in [0, 0.05) is 23.8 Å². The number of rotatable bonds is 6. The first-order chi connectivity index (χ1) is 11.6. The summed E-state index contributed by atoms with van der Waals surface area (Å²) < 4.78 is 1.38. The molecule has 0 bridgehead atoms. The van der Waals surface area contributed by atoms with Gasteiger partial charge in [0.1, 0.15) is 0 Å². The quantitative estimate of drug-likeness (QED) is 0.869. The topological polar surface area (TPSA) is 84.8 Å². The third-order valence-corrected chi connectivity index (χ3v) is 5.43. The van der Waals surface area contributed by atoms with Crippen LogP contribution in [0.15, 0.2) is 33.4 Å². The number of nitrogens with one attached hydrogen (secondary N) is 1. The summed E-state index contributed by atoms with van der Waals surface area (Å²) in [5.74, 6) is 0.424. The molecule has 0 aromatic carbocycles. The van der Waals surface area contributed by atoms with Crippen molar-refractivity contribution in [2.45, 2.75) is 51.0 Å². The molecule has 6 nitrogen and oxygen atoms in total. The Hall–Kier alpha value is -2.02. The molecular formula is C17H21N3O3S. The van der Waals surface area contributed by atoms with Gasteiger partial charge in [0.2, 0.25) is 0 Å². The molecule has 1 atom stereocenters. The van der Waals surface area contributed by atoms with Crippen LogP contribution in [0.25, 0.3) is 0 Å². The number of hydrogen-bond acceptors (Lipinski definition) is 5. The molecule has 2 aromatic rings. The van der Waals surface area contributed by atoms with Gasteiger partial charge in [0.25, 0.3) is 5.56 Å². The summed E-state index contributed by atoms with van der Waals surface area (Å²) in [5.41, 5.74) is -0.962. The molecule has 1 unspecified atom stereocenters. The van der Waals surface area contributed by atoms with Gasteiger partial charge in [-0.1, -0.05) is 32.1 Å². The molecule has 24 heavy (non-hydrogen) atoms. The van der Waals surface area contributed by atoms with Crippen molar-refractivity contribution in [2.75, 3.05) is 0 Å². The summed E-state index contributed by atoms with van der Waals surface area (Å²) >= 11 is 1.44. The number of nitrogens with zero attached hydrogens (tertiary/aromatic N) is 2. The molecule has 0 spiro atoms. The molecular weight excluding hydrogens is 326 g/mol. The Morgan fingerprint density at radius 2 is 2.12 bits per heavy atom. The minimum Gasteiger partial charge on any atom is -0.297 e. The fourth-order valence-corrected chi connectivity index (χ4v) is 4.04. The van der Waals surface area contributed by atoms with Gasteiger partial charge in [-0.15, -0.1) is 11.3 Å². The maximum atomic E-state index is 12.8. The van der Waals surface area contributed by atoms with Crippen LogP contribution in [0.5, 0.6) is 0 Å².